The van der Waals surface area contributed by atoms with Gasteiger partial charge in [0.15, 0.2) is 0 Å². The minimum Gasteiger partial charge on any atom is -1.00 e. The van der Waals surface area contributed by atoms with Gasteiger partial charge in [-0.25, -0.2) is 0 Å². The number of likely N-dealkylation sites (N-methyl/N-ethyl adjacent to an activating group) is 1. The molecule has 1 N–H and O–H groups in total. The van der Waals surface area contributed by atoms with Crippen molar-refractivity contribution in [2.75, 3.05) is 63.4 Å². The summed E-state index contributed by atoms with van der Waals surface area (Å²) in [6.45, 7) is 9.40. The van der Waals surface area contributed by atoms with Crippen LogP contribution in [0.15, 0.2) is 23.0 Å². The van der Waals surface area contributed by atoms with Gasteiger partial charge in [0.05, 0.1) is 0 Å². The monoisotopic (exact) mass is 544 g/mol. The maximum atomic E-state index is 3.56. The molecule has 5 nitrogen and oxygen atoms in total. The van der Waals surface area contributed by atoms with Crippen molar-refractivity contribution < 1.29 is 20.3 Å². The molecule has 0 aliphatic heterocycles. The molecule has 0 aromatic heterocycles. The van der Waals surface area contributed by atoms with Gasteiger partial charge in [-0.05, 0) is 66.5 Å². The first-order valence-electron chi connectivity index (χ1n) is 11.1. The average molecular weight is 544 g/mol. The summed E-state index contributed by atoms with van der Waals surface area (Å²) in [5.41, 5.74) is 4.81. The van der Waals surface area contributed by atoms with Crippen molar-refractivity contribution in [3.05, 3.63) is 23.0 Å². The second-order valence-corrected chi connectivity index (χ2v) is 14.9. The minimum absolute atomic E-state index is 0. The Morgan fingerprint density at radius 3 is 1.32 bits per heavy atom. The van der Waals surface area contributed by atoms with Crippen molar-refractivity contribution >= 4 is 8.24 Å². The molecule has 2 aliphatic carbocycles. The minimum atomic E-state index is -1.45. The maximum Gasteiger partial charge on any atom is 1.00 e. The van der Waals surface area contributed by atoms with E-state index < -0.39 is 8.24 Å². The topological polar surface area (TPSA) is 25.0 Å². The number of hydrogen-bond acceptors (Lipinski definition) is 5. The van der Waals surface area contributed by atoms with Crippen LogP contribution in [0.5, 0.6) is 0 Å². The van der Waals surface area contributed by atoms with E-state index in [0.29, 0.717) is 5.54 Å². The molecule has 3 unspecified atom stereocenters. The fraction of sp³-hybridized carbons (Fsp3) is 0.867. The van der Waals surface area contributed by atoms with Crippen LogP contribution in [0.2, 0.25) is 18.6 Å². The summed E-state index contributed by atoms with van der Waals surface area (Å²) < 4.78 is 0. The summed E-state index contributed by atoms with van der Waals surface area (Å²) in [5.74, 6) is 0.815. The predicted molar refractivity (Wildman–Crippen MR) is 180 cm³/mol. The fourth-order valence-electron chi connectivity index (χ4n) is 5.11. The molecule has 3 atom stereocenters. The van der Waals surface area contributed by atoms with Crippen LogP contribution in [-0.4, -0.2) is 103 Å². The second kappa shape index (κ2) is 23.6. The van der Waals surface area contributed by atoms with Crippen molar-refractivity contribution in [2.24, 2.45) is 5.92 Å². The normalized spacial score (nSPS) is 21.4. The Morgan fingerprint density at radius 1 is 0.757 bits per heavy atom. The van der Waals surface area contributed by atoms with E-state index in [1.165, 1.54) is 29.8 Å². The second-order valence-electron chi connectivity index (χ2n) is 10.3. The summed E-state index contributed by atoms with van der Waals surface area (Å²) in [7, 11) is 18.0. The van der Waals surface area contributed by atoms with E-state index in [1.54, 1.807) is 0 Å². The molecular weight excluding hydrogens is 465 g/mol. The summed E-state index contributed by atoms with van der Waals surface area (Å²) in [6, 6.07) is 1.58. The third-order valence-electron chi connectivity index (χ3n) is 7.07. The quantitative estimate of drug-likeness (QED) is 0.480. The first-order valence-corrected chi connectivity index (χ1v) is 14.1. The molecule has 2 rings (SSSR count). The Hall–Kier alpha value is -0.226. The Kier molecular flexibility index (Phi) is 36.3. The largest absolute Gasteiger partial charge is 1.00 e. The van der Waals surface area contributed by atoms with Crippen LogP contribution < -0.4 is 23.8 Å². The van der Waals surface area contributed by atoms with Crippen molar-refractivity contribution in [3.63, 3.8) is 0 Å². The van der Waals surface area contributed by atoms with Gasteiger partial charge < -0.3 is 26.0 Å². The van der Waals surface area contributed by atoms with Crippen LogP contribution >= 0.6 is 0 Å². The number of nitrogens with one attached hydrogen (secondary N) is 1. The third-order valence-corrected chi connectivity index (χ3v) is 10.4. The molecule has 7 heteroatoms. The van der Waals surface area contributed by atoms with E-state index in [-0.39, 0.29) is 72.3 Å². The van der Waals surface area contributed by atoms with Crippen molar-refractivity contribution in [1.82, 2.24) is 24.6 Å². The van der Waals surface area contributed by atoms with Gasteiger partial charge in [0, 0.05) is 57.2 Å². The zero-order valence-corrected chi connectivity index (χ0v) is 23.6. The van der Waals surface area contributed by atoms with Crippen LogP contribution in [0.4, 0.5) is 0 Å². The molecule has 37 heavy (non-hydrogen) atoms. The van der Waals surface area contributed by atoms with Crippen molar-refractivity contribution in [1.29, 1.82) is 0 Å². The first-order chi connectivity index (χ1) is 13.3. The summed E-state index contributed by atoms with van der Waals surface area (Å²) in [5, 5.41) is 0. The SMILES string of the molecule is C.C.C.C.C.C.C.CC1C(N(C)C)CCC1N(C)C.CN[Si](C)(C)C1C=C(N(C)C)C(C)=C1N(C)C.[H-].[Li+]. The molecular formula is C30H78LiN5Si. The molecule has 228 valence electrons. The van der Waals surface area contributed by atoms with Gasteiger partial charge in [-0.3, -0.25) is 0 Å². The van der Waals surface area contributed by atoms with Crippen LogP contribution in [-0.2, 0) is 0 Å². The summed E-state index contributed by atoms with van der Waals surface area (Å²) in [6.07, 6.45) is 5.15. The average Bonchev–Trinajstić information content (AvgIpc) is 3.16. The zero-order chi connectivity index (χ0) is 22.7. The third kappa shape index (κ3) is 14.1. The van der Waals surface area contributed by atoms with Crippen LogP contribution in [0.25, 0.3) is 0 Å². The molecule has 0 amide bonds. The number of hydrogen-bond donors (Lipinski definition) is 1. The Bertz CT molecular complexity index is 591. The van der Waals surface area contributed by atoms with Gasteiger partial charge >= 0.3 is 18.9 Å². The summed E-state index contributed by atoms with van der Waals surface area (Å²) in [4.78, 5) is 12.8. The van der Waals surface area contributed by atoms with Crippen molar-refractivity contribution in [2.45, 2.75) is 109 Å². The smallest absolute Gasteiger partial charge is 1.00 e. The molecule has 0 heterocycles. The van der Waals surface area contributed by atoms with E-state index in [0.717, 1.165) is 18.0 Å². The predicted octanol–water partition coefficient (Wildman–Crippen LogP) is 4.92. The number of allylic oxidation sites excluding steroid dienone is 2. The molecule has 0 saturated heterocycles. The molecule has 2 aliphatic rings. The van der Waals surface area contributed by atoms with E-state index in [9.17, 15) is 0 Å². The Labute approximate surface area is 254 Å². The summed E-state index contributed by atoms with van der Waals surface area (Å²) >= 11 is 0. The number of rotatable bonds is 6. The van der Waals surface area contributed by atoms with E-state index in [4.69, 9.17) is 0 Å². The maximum absolute atomic E-state index is 3.56. The fourth-order valence-corrected chi connectivity index (χ4v) is 7.15. The van der Waals surface area contributed by atoms with Crippen molar-refractivity contribution in [3.8, 4) is 0 Å². The molecule has 0 aromatic rings. The molecule has 1 fully saturated rings. The molecule has 1 saturated carbocycles. The molecule has 0 spiro atoms. The van der Waals surface area contributed by atoms with Gasteiger partial charge in [-0.15, -0.1) is 0 Å². The number of nitrogens with zero attached hydrogens (tertiary/aromatic N) is 4. The van der Waals surface area contributed by atoms with Crippen LogP contribution in [0, 0.1) is 5.92 Å². The van der Waals surface area contributed by atoms with Crippen LogP contribution in [0.3, 0.4) is 0 Å². The Morgan fingerprint density at radius 2 is 1.11 bits per heavy atom. The van der Waals surface area contributed by atoms with Gasteiger partial charge in [0.25, 0.3) is 0 Å². The standard InChI is InChI=1S/C13H27N3Si.C10H22N2.7CH4.Li.H/c1-10-11(15(3)4)9-12(13(10)16(5)6)17(7,8)14-2;1-8-9(11(2)3)6-7-10(8)12(4)5;;;;;;;;;/h9,12,14H,1-8H3;8-10H,6-7H2,1-5H3;7*1H4;;/q;;;;;;;;;+1;-1. The van der Waals surface area contributed by atoms with Gasteiger partial charge in [-0.1, -0.05) is 78.1 Å². The van der Waals surface area contributed by atoms with Gasteiger partial charge in [-0.2, -0.15) is 0 Å². The first kappa shape index (κ1) is 56.8. The van der Waals surface area contributed by atoms with E-state index in [2.05, 4.69) is 121 Å². The van der Waals surface area contributed by atoms with E-state index >= 15 is 0 Å². The van der Waals surface area contributed by atoms with E-state index in [1.807, 2.05) is 0 Å². The zero-order valence-electron chi connectivity index (χ0n) is 23.6. The molecule has 0 radical (unpaired) electrons. The Balaban J connectivity index is -0.0000000527. The van der Waals surface area contributed by atoms with Crippen LogP contribution in [0.1, 0.15) is 80.1 Å². The molecule has 0 bridgehead atoms. The molecule has 0 aromatic carbocycles. The van der Waals surface area contributed by atoms with Gasteiger partial charge in [0.2, 0.25) is 0 Å². The van der Waals surface area contributed by atoms with Gasteiger partial charge in [0.1, 0.15) is 8.24 Å².